The van der Waals surface area contributed by atoms with Gasteiger partial charge in [-0.15, -0.1) is 12.8 Å². The molecular weight excluding hydrogens is 114 g/mol. The maximum absolute atomic E-state index is 10.5. The Hall–Kier alpha value is -0.970. The second-order valence-corrected chi connectivity index (χ2v) is 1.92. The number of hydrogen-bond acceptors (Lipinski definition) is 1. The topological polar surface area (TPSA) is 20.3 Å². The van der Waals surface area contributed by atoms with Crippen LogP contribution in [0.25, 0.3) is 0 Å². The van der Waals surface area contributed by atoms with Crippen LogP contribution in [0.15, 0.2) is 0 Å². The van der Waals surface area contributed by atoms with Crippen molar-refractivity contribution >= 4 is 5.91 Å². The second kappa shape index (κ2) is 3.96. The molecule has 0 bridgehead atoms. The summed E-state index contributed by atoms with van der Waals surface area (Å²) in [7, 11) is 1.84. The highest BCUT2D eigenvalue weighted by atomic mass is 16.2. The standard InChI is InChI=1S/C5H9NO.C2H2/c1-6-4-2-3-5(6)7;1-2/h2-4H2,1H3;1-2H. The van der Waals surface area contributed by atoms with Gasteiger partial charge < -0.3 is 4.90 Å². The van der Waals surface area contributed by atoms with Crippen LogP contribution in [-0.2, 0) is 4.79 Å². The van der Waals surface area contributed by atoms with E-state index in [1.54, 1.807) is 4.90 Å². The molecule has 1 aliphatic heterocycles. The van der Waals surface area contributed by atoms with Crippen molar-refractivity contribution in [2.45, 2.75) is 12.8 Å². The van der Waals surface area contributed by atoms with Gasteiger partial charge in [0.2, 0.25) is 5.91 Å². The zero-order valence-corrected chi connectivity index (χ0v) is 5.63. The van der Waals surface area contributed by atoms with Gasteiger partial charge in [0, 0.05) is 20.0 Å². The van der Waals surface area contributed by atoms with Gasteiger partial charge in [0.1, 0.15) is 0 Å². The molecule has 0 N–H and O–H groups in total. The van der Waals surface area contributed by atoms with Gasteiger partial charge in [0.05, 0.1) is 0 Å². The number of rotatable bonds is 0. The minimum atomic E-state index is 0.292. The molecule has 0 aromatic rings. The summed E-state index contributed by atoms with van der Waals surface area (Å²) in [5, 5.41) is 0. The SMILES string of the molecule is C#C.CN1CCCC1=O. The third-order valence-corrected chi connectivity index (χ3v) is 1.31. The first kappa shape index (κ1) is 8.03. The maximum Gasteiger partial charge on any atom is 0.222 e. The normalized spacial score (nSPS) is 16.8. The maximum atomic E-state index is 10.5. The lowest BCUT2D eigenvalue weighted by Gasteiger charge is -2.03. The zero-order valence-electron chi connectivity index (χ0n) is 5.63. The minimum absolute atomic E-state index is 0.292. The molecule has 1 rings (SSSR count). The van der Waals surface area contributed by atoms with E-state index in [1.165, 1.54) is 0 Å². The van der Waals surface area contributed by atoms with Gasteiger partial charge in [0.25, 0.3) is 0 Å². The molecule has 1 saturated heterocycles. The molecule has 1 fully saturated rings. The summed E-state index contributed by atoms with van der Waals surface area (Å²) in [6.07, 6.45) is 9.81. The Kier molecular flexibility index (Phi) is 3.54. The average molecular weight is 125 g/mol. The Balaban J connectivity index is 0.000000291. The Bertz CT molecular complexity index is 117. The highest BCUT2D eigenvalue weighted by molar-refractivity contribution is 5.77. The van der Waals surface area contributed by atoms with Crippen LogP contribution in [0, 0.1) is 12.8 Å². The van der Waals surface area contributed by atoms with Crippen molar-refractivity contribution in [2.75, 3.05) is 13.6 Å². The first-order valence-corrected chi connectivity index (χ1v) is 2.88. The lowest BCUT2D eigenvalue weighted by molar-refractivity contribution is -0.126. The molecule has 0 unspecified atom stereocenters. The molecule has 1 aliphatic rings. The molecule has 1 amide bonds. The van der Waals surface area contributed by atoms with E-state index < -0.39 is 0 Å². The largest absolute Gasteiger partial charge is 0.346 e. The van der Waals surface area contributed by atoms with Gasteiger partial charge in [-0.3, -0.25) is 4.79 Å². The van der Waals surface area contributed by atoms with Crippen molar-refractivity contribution in [2.24, 2.45) is 0 Å². The number of carbonyl (C=O) groups is 1. The first-order chi connectivity index (χ1) is 4.30. The fourth-order valence-corrected chi connectivity index (χ4v) is 0.783. The number of terminal acetylenes is 1. The number of likely N-dealkylation sites (tertiary alicyclic amines) is 1. The molecule has 0 aromatic carbocycles. The van der Waals surface area contributed by atoms with Gasteiger partial charge in [-0.2, -0.15) is 0 Å². The van der Waals surface area contributed by atoms with Crippen LogP contribution in [0.2, 0.25) is 0 Å². The van der Waals surface area contributed by atoms with E-state index in [2.05, 4.69) is 12.8 Å². The average Bonchev–Trinajstić information content (AvgIpc) is 2.23. The van der Waals surface area contributed by atoms with Crippen molar-refractivity contribution < 1.29 is 4.79 Å². The van der Waals surface area contributed by atoms with Gasteiger partial charge in [-0.1, -0.05) is 0 Å². The van der Waals surface area contributed by atoms with E-state index in [1.807, 2.05) is 7.05 Å². The highest BCUT2D eigenvalue weighted by Crippen LogP contribution is 2.04. The van der Waals surface area contributed by atoms with Crippen LogP contribution in [-0.4, -0.2) is 24.4 Å². The summed E-state index contributed by atoms with van der Waals surface area (Å²) in [5.41, 5.74) is 0. The fraction of sp³-hybridized carbons (Fsp3) is 0.571. The number of hydrogen-bond donors (Lipinski definition) is 0. The van der Waals surface area contributed by atoms with Crippen molar-refractivity contribution in [3.05, 3.63) is 0 Å². The highest BCUT2D eigenvalue weighted by Gasteiger charge is 2.14. The van der Waals surface area contributed by atoms with E-state index in [9.17, 15) is 4.79 Å². The van der Waals surface area contributed by atoms with Crippen LogP contribution in [0.4, 0.5) is 0 Å². The lowest BCUT2D eigenvalue weighted by atomic mass is 10.4. The number of nitrogens with zero attached hydrogens (tertiary/aromatic N) is 1. The second-order valence-electron chi connectivity index (χ2n) is 1.92. The Morgan fingerprint density at radius 1 is 1.56 bits per heavy atom. The molecule has 0 saturated carbocycles. The molecule has 2 heteroatoms. The molecule has 1 heterocycles. The summed E-state index contributed by atoms with van der Waals surface area (Å²) in [6, 6.07) is 0. The Labute approximate surface area is 55.8 Å². The molecule has 0 atom stereocenters. The third-order valence-electron chi connectivity index (χ3n) is 1.31. The Morgan fingerprint density at radius 2 is 2.11 bits per heavy atom. The van der Waals surface area contributed by atoms with E-state index in [-0.39, 0.29) is 0 Å². The van der Waals surface area contributed by atoms with Crippen LogP contribution in [0.5, 0.6) is 0 Å². The van der Waals surface area contributed by atoms with E-state index in [0.29, 0.717) is 5.91 Å². The van der Waals surface area contributed by atoms with Crippen molar-refractivity contribution in [3.8, 4) is 12.8 Å². The first-order valence-electron chi connectivity index (χ1n) is 2.88. The monoisotopic (exact) mass is 125 g/mol. The molecule has 50 valence electrons. The van der Waals surface area contributed by atoms with Crippen molar-refractivity contribution in [1.82, 2.24) is 4.90 Å². The lowest BCUT2D eigenvalue weighted by Crippen LogP contribution is -2.17. The van der Waals surface area contributed by atoms with E-state index in [0.717, 1.165) is 19.4 Å². The quantitative estimate of drug-likeness (QED) is 0.431. The molecule has 0 aliphatic carbocycles. The van der Waals surface area contributed by atoms with Gasteiger partial charge >= 0.3 is 0 Å². The molecule has 0 radical (unpaired) electrons. The third kappa shape index (κ3) is 2.18. The van der Waals surface area contributed by atoms with Crippen molar-refractivity contribution in [3.63, 3.8) is 0 Å². The summed E-state index contributed by atoms with van der Waals surface area (Å²) in [5.74, 6) is 0.292. The van der Waals surface area contributed by atoms with Crippen LogP contribution in [0.3, 0.4) is 0 Å². The Morgan fingerprint density at radius 3 is 2.22 bits per heavy atom. The molecular formula is C7H11NO. The van der Waals surface area contributed by atoms with Gasteiger partial charge in [-0.25, -0.2) is 0 Å². The molecule has 0 spiro atoms. The zero-order chi connectivity index (χ0) is 7.28. The van der Waals surface area contributed by atoms with E-state index in [4.69, 9.17) is 0 Å². The van der Waals surface area contributed by atoms with Crippen LogP contribution >= 0.6 is 0 Å². The minimum Gasteiger partial charge on any atom is -0.346 e. The van der Waals surface area contributed by atoms with E-state index >= 15 is 0 Å². The molecule has 0 aromatic heterocycles. The summed E-state index contributed by atoms with van der Waals surface area (Å²) >= 11 is 0. The summed E-state index contributed by atoms with van der Waals surface area (Å²) < 4.78 is 0. The summed E-state index contributed by atoms with van der Waals surface area (Å²) in [6.45, 7) is 0.957. The van der Waals surface area contributed by atoms with Crippen LogP contribution in [0.1, 0.15) is 12.8 Å². The predicted octanol–water partition coefficient (Wildman–Crippen LogP) is 0.488. The van der Waals surface area contributed by atoms with Gasteiger partial charge in [-0.05, 0) is 6.42 Å². The summed E-state index contributed by atoms with van der Waals surface area (Å²) in [4.78, 5) is 12.3. The molecule has 9 heavy (non-hydrogen) atoms. The predicted molar refractivity (Wildman–Crippen MR) is 36.8 cm³/mol. The van der Waals surface area contributed by atoms with Gasteiger partial charge in [0.15, 0.2) is 0 Å². The molecule has 2 nitrogen and oxygen atoms in total. The smallest absolute Gasteiger partial charge is 0.222 e. The fourth-order valence-electron chi connectivity index (χ4n) is 0.783. The van der Waals surface area contributed by atoms with Crippen LogP contribution < -0.4 is 0 Å². The number of carbonyl (C=O) groups excluding carboxylic acids is 1. The number of amides is 1. The van der Waals surface area contributed by atoms with Crippen molar-refractivity contribution in [1.29, 1.82) is 0 Å².